The molecule has 0 radical (unpaired) electrons. The van der Waals surface area contributed by atoms with Gasteiger partial charge in [0.1, 0.15) is 0 Å². The van der Waals surface area contributed by atoms with Crippen molar-refractivity contribution < 1.29 is 4.79 Å². The summed E-state index contributed by atoms with van der Waals surface area (Å²) in [6, 6.07) is 0.335. The molecule has 1 rings (SSSR count). The van der Waals surface area contributed by atoms with Crippen molar-refractivity contribution in [3.63, 3.8) is 0 Å². The monoisotopic (exact) mass is 212 g/mol. The zero-order valence-corrected chi connectivity index (χ0v) is 10.3. The molecule has 0 heterocycles. The summed E-state index contributed by atoms with van der Waals surface area (Å²) in [6.07, 6.45) is 7.98. The van der Waals surface area contributed by atoms with E-state index in [4.69, 9.17) is 0 Å². The first-order valence-electron chi connectivity index (χ1n) is 6.07. The van der Waals surface area contributed by atoms with Gasteiger partial charge in [-0.15, -0.1) is 0 Å². The number of carbonyl (C=O) groups excluding carboxylic acids is 1. The lowest BCUT2D eigenvalue weighted by molar-refractivity contribution is 0.209. The Bertz CT molecular complexity index is 198. The van der Waals surface area contributed by atoms with Gasteiger partial charge in [-0.05, 0) is 19.3 Å². The van der Waals surface area contributed by atoms with Crippen molar-refractivity contribution >= 4 is 6.03 Å². The third-order valence-corrected chi connectivity index (χ3v) is 3.19. The summed E-state index contributed by atoms with van der Waals surface area (Å²) >= 11 is 0. The molecule has 0 spiro atoms. The Morgan fingerprint density at radius 3 is 2.47 bits per heavy atom. The maximum absolute atomic E-state index is 11.4. The van der Waals surface area contributed by atoms with Gasteiger partial charge in [-0.25, -0.2) is 4.79 Å². The Kier molecular flexibility index (Phi) is 4.92. The molecule has 0 aliphatic heterocycles. The van der Waals surface area contributed by atoms with Crippen LogP contribution in [0.4, 0.5) is 4.79 Å². The molecule has 1 fully saturated rings. The van der Waals surface area contributed by atoms with Crippen LogP contribution in [0.5, 0.6) is 0 Å². The van der Waals surface area contributed by atoms with Crippen molar-refractivity contribution in [1.29, 1.82) is 0 Å². The Hall–Kier alpha value is -0.730. The number of nitrogens with zero attached hydrogens (tertiary/aromatic N) is 1. The first-order valence-corrected chi connectivity index (χ1v) is 6.07. The molecule has 0 aromatic rings. The van der Waals surface area contributed by atoms with E-state index in [1.807, 2.05) is 0 Å². The lowest BCUT2D eigenvalue weighted by Crippen LogP contribution is -2.40. The molecule has 1 atom stereocenters. The molecule has 0 aromatic heterocycles. The van der Waals surface area contributed by atoms with E-state index in [9.17, 15) is 4.79 Å². The third kappa shape index (κ3) is 4.54. The second-order valence-electron chi connectivity index (χ2n) is 4.98. The van der Waals surface area contributed by atoms with Gasteiger partial charge >= 0.3 is 6.03 Å². The average Bonchev–Trinajstić information content (AvgIpc) is 2.18. The summed E-state index contributed by atoms with van der Waals surface area (Å²) in [5.41, 5.74) is 0. The molecular weight excluding hydrogens is 188 g/mol. The van der Waals surface area contributed by atoms with Gasteiger partial charge in [-0.2, -0.15) is 0 Å². The van der Waals surface area contributed by atoms with Crippen molar-refractivity contribution in [2.75, 3.05) is 14.1 Å². The van der Waals surface area contributed by atoms with Gasteiger partial charge in [-0.3, -0.25) is 0 Å². The molecule has 2 amide bonds. The van der Waals surface area contributed by atoms with Crippen LogP contribution < -0.4 is 5.32 Å². The van der Waals surface area contributed by atoms with Gasteiger partial charge in [0, 0.05) is 20.1 Å². The first-order chi connectivity index (χ1) is 7.09. The van der Waals surface area contributed by atoms with Crippen molar-refractivity contribution in [1.82, 2.24) is 10.2 Å². The van der Waals surface area contributed by atoms with E-state index >= 15 is 0 Å². The van der Waals surface area contributed by atoms with Crippen LogP contribution in [0.15, 0.2) is 0 Å². The van der Waals surface area contributed by atoms with Gasteiger partial charge < -0.3 is 10.2 Å². The highest BCUT2D eigenvalue weighted by Crippen LogP contribution is 2.27. The second-order valence-corrected chi connectivity index (χ2v) is 4.98. The van der Waals surface area contributed by atoms with Crippen molar-refractivity contribution in [2.24, 2.45) is 5.92 Å². The van der Waals surface area contributed by atoms with Crippen LogP contribution in [-0.4, -0.2) is 31.1 Å². The molecule has 1 aliphatic carbocycles. The Morgan fingerprint density at radius 2 is 1.93 bits per heavy atom. The van der Waals surface area contributed by atoms with E-state index in [2.05, 4.69) is 12.2 Å². The van der Waals surface area contributed by atoms with Crippen molar-refractivity contribution in [3.05, 3.63) is 0 Å². The highest BCUT2D eigenvalue weighted by molar-refractivity contribution is 5.73. The van der Waals surface area contributed by atoms with Gasteiger partial charge in [0.05, 0.1) is 0 Å². The van der Waals surface area contributed by atoms with Gasteiger partial charge in [0.2, 0.25) is 0 Å². The fraction of sp³-hybridized carbons (Fsp3) is 0.917. The largest absolute Gasteiger partial charge is 0.336 e. The molecule has 1 aliphatic rings. The molecule has 3 heteroatoms. The van der Waals surface area contributed by atoms with Crippen LogP contribution in [0.25, 0.3) is 0 Å². The number of hydrogen-bond acceptors (Lipinski definition) is 1. The van der Waals surface area contributed by atoms with Crippen LogP contribution in [-0.2, 0) is 0 Å². The number of carbonyl (C=O) groups is 1. The topological polar surface area (TPSA) is 32.3 Å². The number of rotatable bonds is 3. The van der Waals surface area contributed by atoms with E-state index < -0.39 is 0 Å². The van der Waals surface area contributed by atoms with E-state index in [-0.39, 0.29) is 6.03 Å². The molecule has 1 N–H and O–H groups in total. The summed E-state index contributed by atoms with van der Waals surface area (Å²) in [5, 5.41) is 3.01. The second kappa shape index (κ2) is 5.99. The molecule has 0 unspecified atom stereocenters. The SMILES string of the molecule is C[C@H](CC1CCCCC1)NC(=O)N(C)C. The molecule has 88 valence electrons. The van der Waals surface area contributed by atoms with Crippen LogP contribution >= 0.6 is 0 Å². The summed E-state index contributed by atoms with van der Waals surface area (Å²) in [7, 11) is 3.56. The maximum Gasteiger partial charge on any atom is 0.317 e. The van der Waals surface area contributed by atoms with E-state index in [0.29, 0.717) is 6.04 Å². The van der Waals surface area contributed by atoms with Gasteiger partial charge in [0.25, 0.3) is 0 Å². The normalized spacial score (nSPS) is 19.7. The number of nitrogens with one attached hydrogen (secondary N) is 1. The van der Waals surface area contributed by atoms with Crippen molar-refractivity contribution in [3.8, 4) is 0 Å². The summed E-state index contributed by atoms with van der Waals surface area (Å²) < 4.78 is 0. The highest BCUT2D eigenvalue weighted by Gasteiger charge is 2.17. The number of urea groups is 1. The minimum Gasteiger partial charge on any atom is -0.336 e. The molecule has 0 saturated heterocycles. The Balaban J connectivity index is 2.22. The number of amides is 2. The molecule has 3 nitrogen and oxygen atoms in total. The Morgan fingerprint density at radius 1 is 1.33 bits per heavy atom. The predicted octanol–water partition coefficient (Wildman–Crippen LogP) is 2.62. The van der Waals surface area contributed by atoms with Gasteiger partial charge in [0.15, 0.2) is 0 Å². The van der Waals surface area contributed by atoms with E-state index in [1.165, 1.54) is 32.1 Å². The lowest BCUT2D eigenvalue weighted by atomic mass is 9.85. The average molecular weight is 212 g/mol. The summed E-state index contributed by atoms with van der Waals surface area (Å²) in [5.74, 6) is 0.830. The fourth-order valence-corrected chi connectivity index (χ4v) is 2.32. The molecular formula is C12H24N2O. The fourth-order valence-electron chi connectivity index (χ4n) is 2.32. The third-order valence-electron chi connectivity index (χ3n) is 3.19. The minimum absolute atomic E-state index is 0.0262. The standard InChI is InChI=1S/C12H24N2O/c1-10(13-12(15)14(2)3)9-11-7-5-4-6-8-11/h10-11H,4-9H2,1-3H3,(H,13,15)/t10-/m1/s1. The number of hydrogen-bond donors (Lipinski definition) is 1. The predicted molar refractivity (Wildman–Crippen MR) is 62.9 cm³/mol. The first kappa shape index (κ1) is 12.3. The smallest absolute Gasteiger partial charge is 0.317 e. The Labute approximate surface area is 93.2 Å². The van der Waals surface area contributed by atoms with E-state index in [0.717, 1.165) is 12.3 Å². The quantitative estimate of drug-likeness (QED) is 0.766. The van der Waals surface area contributed by atoms with Crippen LogP contribution in [0, 0.1) is 5.92 Å². The van der Waals surface area contributed by atoms with Crippen molar-refractivity contribution in [2.45, 2.75) is 51.5 Å². The van der Waals surface area contributed by atoms with Gasteiger partial charge in [-0.1, -0.05) is 32.1 Å². The highest BCUT2D eigenvalue weighted by atomic mass is 16.2. The molecule has 0 bridgehead atoms. The zero-order valence-electron chi connectivity index (χ0n) is 10.3. The van der Waals surface area contributed by atoms with Crippen LogP contribution in [0.1, 0.15) is 45.4 Å². The zero-order chi connectivity index (χ0) is 11.3. The molecule has 1 saturated carbocycles. The lowest BCUT2D eigenvalue weighted by Gasteiger charge is -2.26. The van der Waals surface area contributed by atoms with Crippen LogP contribution in [0.3, 0.4) is 0 Å². The summed E-state index contributed by atoms with van der Waals surface area (Å²) in [4.78, 5) is 13.0. The summed E-state index contributed by atoms with van der Waals surface area (Å²) in [6.45, 7) is 2.11. The van der Waals surface area contributed by atoms with E-state index in [1.54, 1.807) is 19.0 Å². The minimum atomic E-state index is 0.0262. The maximum atomic E-state index is 11.4. The molecule has 0 aromatic carbocycles. The van der Waals surface area contributed by atoms with Crippen LogP contribution in [0.2, 0.25) is 0 Å². The molecule has 15 heavy (non-hydrogen) atoms.